The van der Waals surface area contributed by atoms with Crippen LogP contribution in [0.4, 0.5) is 0 Å². The number of hydrogen-bond donors (Lipinski definition) is 1. The van der Waals surface area contributed by atoms with Crippen molar-refractivity contribution in [2.24, 2.45) is 4.99 Å². The Bertz CT molecular complexity index is 697. The largest absolute Gasteiger partial charge is 0.298 e. The molecule has 0 fully saturated rings. The summed E-state index contributed by atoms with van der Waals surface area (Å²) in [5, 5.41) is 3.15. The van der Waals surface area contributed by atoms with E-state index in [1.165, 1.54) is 0 Å². The zero-order chi connectivity index (χ0) is 14.8. The number of nitrogens with one attached hydrogen (secondary N) is 1. The van der Waals surface area contributed by atoms with Crippen LogP contribution in [0.1, 0.15) is 17.0 Å². The number of carbonyl (C=O) groups excluding carboxylic acids is 1. The highest BCUT2D eigenvalue weighted by Gasteiger charge is 2.38. The van der Waals surface area contributed by atoms with Crippen LogP contribution in [-0.2, 0) is 4.79 Å². The first-order valence-corrected chi connectivity index (χ1v) is 7.89. The van der Waals surface area contributed by atoms with Gasteiger partial charge in [0, 0.05) is 9.13 Å². The van der Waals surface area contributed by atoms with E-state index >= 15 is 0 Å². The first kappa shape index (κ1) is 14.4. The van der Waals surface area contributed by atoms with E-state index in [0.29, 0.717) is 5.71 Å². The lowest BCUT2D eigenvalue weighted by Gasteiger charge is -2.16. The maximum atomic E-state index is 12.8. The smallest absolute Gasteiger partial charge is 0.192 e. The van der Waals surface area contributed by atoms with E-state index in [-0.39, 0.29) is 17.9 Å². The molecule has 1 N–H and O–H groups in total. The molecule has 106 valence electrons. The number of likely N-dealkylation sites (N-methyl/N-ethyl adjacent to an activating group) is 1. The Labute approximate surface area is 137 Å². The van der Waals surface area contributed by atoms with E-state index < -0.39 is 0 Å². The van der Waals surface area contributed by atoms with Gasteiger partial charge in [0.05, 0.1) is 5.92 Å². The molecule has 21 heavy (non-hydrogen) atoms. The highest BCUT2D eigenvalue weighted by molar-refractivity contribution is 14.1. The number of rotatable bonds is 3. The molecule has 1 aliphatic heterocycles. The molecule has 0 radical (unpaired) electrons. The van der Waals surface area contributed by atoms with E-state index in [1.54, 1.807) is 0 Å². The molecule has 4 heteroatoms. The van der Waals surface area contributed by atoms with Crippen LogP contribution >= 0.6 is 22.6 Å². The molecule has 3 rings (SSSR count). The van der Waals surface area contributed by atoms with Gasteiger partial charge in [-0.15, -0.1) is 0 Å². The Kier molecular flexibility index (Phi) is 4.17. The standard InChI is InChI=1S/C17H15IN2O/c1-19-17-14(12-8-5-9-13(18)10-12)16(21)15(20-17)11-6-3-2-4-7-11/h2-10,14,17,19H,1H3. The maximum Gasteiger partial charge on any atom is 0.192 e. The fraction of sp³-hybridized carbons (Fsp3) is 0.176. The van der Waals surface area contributed by atoms with Crippen LogP contribution in [0, 0.1) is 3.57 Å². The summed E-state index contributed by atoms with van der Waals surface area (Å²) in [6.07, 6.45) is -0.203. The fourth-order valence-electron chi connectivity index (χ4n) is 2.65. The highest BCUT2D eigenvalue weighted by atomic mass is 127. The van der Waals surface area contributed by atoms with Crippen LogP contribution in [-0.4, -0.2) is 24.7 Å². The fourth-order valence-corrected chi connectivity index (χ4v) is 3.21. The molecule has 2 atom stereocenters. The lowest BCUT2D eigenvalue weighted by molar-refractivity contribution is -0.114. The van der Waals surface area contributed by atoms with Crippen LogP contribution in [0.25, 0.3) is 0 Å². The molecular weight excluding hydrogens is 375 g/mol. The number of aliphatic imine (C=N–C) groups is 1. The molecule has 3 nitrogen and oxygen atoms in total. The van der Waals surface area contributed by atoms with Crippen LogP contribution in [0.15, 0.2) is 59.6 Å². The van der Waals surface area contributed by atoms with E-state index in [9.17, 15) is 4.79 Å². The predicted octanol–water partition coefficient (Wildman–Crippen LogP) is 2.99. The number of halogens is 1. The van der Waals surface area contributed by atoms with Crippen molar-refractivity contribution >= 4 is 34.1 Å². The Morgan fingerprint density at radius 3 is 2.52 bits per heavy atom. The number of Topliss-reactive ketones (excluding diaryl/α,β-unsaturated/α-hetero) is 1. The second kappa shape index (κ2) is 6.07. The summed E-state index contributed by atoms with van der Waals surface area (Å²) in [7, 11) is 1.84. The second-order valence-corrected chi connectivity index (χ2v) is 6.22. The van der Waals surface area contributed by atoms with Gasteiger partial charge in [-0.1, -0.05) is 42.5 Å². The molecule has 1 heterocycles. The minimum Gasteiger partial charge on any atom is -0.298 e. The molecule has 2 aromatic rings. The van der Waals surface area contributed by atoms with Gasteiger partial charge in [-0.2, -0.15) is 0 Å². The van der Waals surface area contributed by atoms with Crippen LogP contribution in [0.2, 0.25) is 0 Å². The summed E-state index contributed by atoms with van der Waals surface area (Å²) < 4.78 is 1.13. The molecule has 0 saturated carbocycles. The molecule has 0 spiro atoms. The average molecular weight is 390 g/mol. The van der Waals surface area contributed by atoms with Crippen molar-refractivity contribution in [1.82, 2.24) is 5.32 Å². The predicted molar refractivity (Wildman–Crippen MR) is 92.7 cm³/mol. The van der Waals surface area contributed by atoms with Crippen molar-refractivity contribution in [3.63, 3.8) is 0 Å². The second-order valence-electron chi connectivity index (χ2n) is 4.97. The van der Waals surface area contributed by atoms with Gasteiger partial charge in [-0.3, -0.25) is 15.1 Å². The van der Waals surface area contributed by atoms with Gasteiger partial charge in [-0.25, -0.2) is 0 Å². The van der Waals surface area contributed by atoms with Crippen LogP contribution in [0.5, 0.6) is 0 Å². The Hall–Kier alpha value is -1.53. The Balaban J connectivity index is 2.00. The number of ketones is 1. The zero-order valence-corrected chi connectivity index (χ0v) is 13.7. The molecule has 0 aliphatic carbocycles. The van der Waals surface area contributed by atoms with Crippen LogP contribution < -0.4 is 5.32 Å². The minimum atomic E-state index is -0.250. The van der Waals surface area contributed by atoms with Gasteiger partial charge in [0.2, 0.25) is 0 Å². The molecule has 0 bridgehead atoms. The summed E-state index contributed by atoms with van der Waals surface area (Å²) in [5.74, 6) is -0.164. The normalized spacial score (nSPS) is 21.4. The number of hydrogen-bond acceptors (Lipinski definition) is 3. The molecular formula is C17H15IN2O. The third-order valence-corrected chi connectivity index (χ3v) is 4.32. The van der Waals surface area contributed by atoms with E-state index in [0.717, 1.165) is 14.7 Å². The molecule has 2 unspecified atom stereocenters. The summed E-state index contributed by atoms with van der Waals surface area (Å²) in [5.41, 5.74) is 2.47. The van der Waals surface area contributed by atoms with Crippen LogP contribution in [0.3, 0.4) is 0 Å². The van der Waals surface area contributed by atoms with E-state index in [1.807, 2.05) is 55.6 Å². The quantitative estimate of drug-likeness (QED) is 0.819. The lowest BCUT2D eigenvalue weighted by Crippen LogP contribution is -2.30. The molecule has 1 aliphatic rings. The minimum absolute atomic E-state index is 0.0857. The highest BCUT2D eigenvalue weighted by Crippen LogP contribution is 2.30. The van der Waals surface area contributed by atoms with Crippen molar-refractivity contribution in [2.45, 2.75) is 12.1 Å². The Morgan fingerprint density at radius 1 is 1.10 bits per heavy atom. The summed E-state index contributed by atoms with van der Waals surface area (Å²) >= 11 is 2.27. The Morgan fingerprint density at radius 2 is 1.86 bits per heavy atom. The third-order valence-electron chi connectivity index (χ3n) is 3.65. The summed E-state index contributed by atoms with van der Waals surface area (Å²) in [6.45, 7) is 0. The van der Waals surface area contributed by atoms with Crippen molar-refractivity contribution in [3.05, 3.63) is 69.3 Å². The van der Waals surface area contributed by atoms with Gasteiger partial charge in [0.1, 0.15) is 11.9 Å². The molecule has 0 amide bonds. The maximum absolute atomic E-state index is 12.8. The first-order valence-electron chi connectivity index (χ1n) is 6.81. The number of benzene rings is 2. The van der Waals surface area contributed by atoms with Gasteiger partial charge in [-0.05, 0) is 47.3 Å². The van der Waals surface area contributed by atoms with Gasteiger partial charge in [0.25, 0.3) is 0 Å². The van der Waals surface area contributed by atoms with Crippen molar-refractivity contribution in [2.75, 3.05) is 7.05 Å². The van der Waals surface area contributed by atoms with Gasteiger partial charge >= 0.3 is 0 Å². The molecule has 2 aromatic carbocycles. The average Bonchev–Trinajstić information content (AvgIpc) is 2.85. The number of carbonyl (C=O) groups is 1. The summed E-state index contributed by atoms with van der Waals surface area (Å²) in [4.78, 5) is 17.4. The van der Waals surface area contributed by atoms with Gasteiger partial charge in [0.15, 0.2) is 5.78 Å². The topological polar surface area (TPSA) is 41.5 Å². The first-order chi connectivity index (χ1) is 10.2. The van der Waals surface area contributed by atoms with E-state index in [4.69, 9.17) is 0 Å². The lowest BCUT2D eigenvalue weighted by atomic mass is 9.91. The zero-order valence-electron chi connectivity index (χ0n) is 11.6. The summed E-state index contributed by atoms with van der Waals surface area (Å²) in [6, 6.07) is 17.7. The monoisotopic (exact) mass is 390 g/mol. The molecule has 0 saturated heterocycles. The van der Waals surface area contributed by atoms with Gasteiger partial charge < -0.3 is 0 Å². The van der Waals surface area contributed by atoms with Crippen molar-refractivity contribution in [1.29, 1.82) is 0 Å². The third kappa shape index (κ3) is 2.78. The van der Waals surface area contributed by atoms with E-state index in [2.05, 4.69) is 39.0 Å². The molecule has 0 aromatic heterocycles. The van der Waals surface area contributed by atoms with Crippen molar-refractivity contribution in [3.8, 4) is 0 Å². The SMILES string of the molecule is CNC1N=C(c2ccccc2)C(=O)C1c1cccc(I)c1. The number of nitrogens with zero attached hydrogens (tertiary/aromatic N) is 1. The van der Waals surface area contributed by atoms with Crippen molar-refractivity contribution < 1.29 is 4.79 Å².